The maximum atomic E-state index is 12.3. The quantitative estimate of drug-likeness (QED) is 0.479. The monoisotopic (exact) mass is 383 g/mol. The zero-order valence-electron chi connectivity index (χ0n) is 15.7. The molecule has 29 heavy (non-hydrogen) atoms. The van der Waals surface area contributed by atoms with Gasteiger partial charge in [-0.3, -0.25) is 0 Å². The Morgan fingerprint density at radius 2 is 1.79 bits per heavy atom. The number of allylic oxidation sites excluding steroid dienone is 2. The van der Waals surface area contributed by atoms with Gasteiger partial charge in [0, 0.05) is 5.56 Å². The van der Waals surface area contributed by atoms with Crippen molar-refractivity contribution < 1.29 is 19.0 Å². The first kappa shape index (κ1) is 17.3. The Kier molecular flexibility index (Phi) is 4.13. The Morgan fingerprint density at radius 3 is 2.69 bits per heavy atom. The third-order valence-electron chi connectivity index (χ3n) is 4.77. The lowest BCUT2D eigenvalue weighted by Gasteiger charge is -2.02. The lowest BCUT2D eigenvalue weighted by Crippen LogP contribution is -2.05. The van der Waals surface area contributed by atoms with Gasteiger partial charge < -0.3 is 14.2 Å². The lowest BCUT2D eigenvalue weighted by molar-refractivity contribution is -0.130. The highest BCUT2D eigenvalue weighted by atomic mass is 16.7. The summed E-state index contributed by atoms with van der Waals surface area (Å²) in [4.78, 5) is 16.7. The van der Waals surface area contributed by atoms with E-state index >= 15 is 0 Å². The van der Waals surface area contributed by atoms with Crippen molar-refractivity contribution >= 4 is 28.7 Å². The molecule has 0 aromatic heterocycles. The minimum Gasteiger partial charge on any atom is -0.454 e. The number of carbonyl (C=O) groups is 1. The fourth-order valence-corrected chi connectivity index (χ4v) is 3.38. The first-order valence-electron chi connectivity index (χ1n) is 9.25. The summed E-state index contributed by atoms with van der Waals surface area (Å²) in [7, 11) is 0. The average molecular weight is 383 g/mol. The molecule has 3 aromatic rings. The second-order valence-electron chi connectivity index (χ2n) is 6.90. The number of esters is 1. The molecule has 0 saturated carbocycles. The number of rotatable bonds is 3. The van der Waals surface area contributed by atoms with Gasteiger partial charge in [-0.15, -0.1) is 0 Å². The number of cyclic esters (lactones) is 1. The van der Waals surface area contributed by atoms with Crippen LogP contribution in [0.15, 0.2) is 83.0 Å². The zero-order valence-corrected chi connectivity index (χ0v) is 15.7. The van der Waals surface area contributed by atoms with Gasteiger partial charge in [-0.25, -0.2) is 9.79 Å². The number of nitrogens with zero attached hydrogens (tertiary/aromatic N) is 1. The number of carbonyl (C=O) groups excluding carboxylic acids is 1. The summed E-state index contributed by atoms with van der Waals surface area (Å²) in [5.41, 5.74) is 2.88. The van der Waals surface area contributed by atoms with Crippen LogP contribution in [0.4, 0.5) is 0 Å². The summed E-state index contributed by atoms with van der Waals surface area (Å²) in [6.07, 6.45) is 3.67. The SMILES string of the molecule is CC(=C/c1ccc2c(c1)OCO2)/C=C1/N=C(c2ccc3ccccc3c2)OC1=O. The van der Waals surface area contributed by atoms with Crippen LogP contribution in [-0.4, -0.2) is 18.7 Å². The van der Waals surface area contributed by atoms with Crippen LogP contribution in [0.25, 0.3) is 16.8 Å². The molecule has 5 nitrogen and oxygen atoms in total. The van der Waals surface area contributed by atoms with E-state index < -0.39 is 5.97 Å². The highest BCUT2D eigenvalue weighted by Gasteiger charge is 2.24. The molecular weight excluding hydrogens is 366 g/mol. The highest BCUT2D eigenvalue weighted by molar-refractivity contribution is 6.12. The van der Waals surface area contributed by atoms with Gasteiger partial charge in [-0.1, -0.05) is 42.5 Å². The Balaban J connectivity index is 1.43. The summed E-state index contributed by atoms with van der Waals surface area (Å²) in [6, 6.07) is 19.6. The van der Waals surface area contributed by atoms with Crippen LogP contribution in [0, 0.1) is 0 Å². The van der Waals surface area contributed by atoms with Crippen LogP contribution in [0.5, 0.6) is 11.5 Å². The normalized spacial score (nSPS) is 17.0. The van der Waals surface area contributed by atoms with Crippen LogP contribution in [-0.2, 0) is 9.53 Å². The van der Waals surface area contributed by atoms with E-state index in [1.807, 2.05) is 73.7 Å². The summed E-state index contributed by atoms with van der Waals surface area (Å²) >= 11 is 0. The van der Waals surface area contributed by atoms with Crippen molar-refractivity contribution in [2.75, 3.05) is 6.79 Å². The molecule has 2 aliphatic rings. The summed E-state index contributed by atoms with van der Waals surface area (Å²) in [5.74, 6) is 1.33. The third kappa shape index (κ3) is 3.38. The van der Waals surface area contributed by atoms with Crippen molar-refractivity contribution in [1.29, 1.82) is 0 Å². The second kappa shape index (κ2) is 6.95. The van der Waals surface area contributed by atoms with Crippen LogP contribution in [0.3, 0.4) is 0 Å². The maximum Gasteiger partial charge on any atom is 0.363 e. The molecular formula is C24H17NO4. The minimum atomic E-state index is -0.452. The largest absolute Gasteiger partial charge is 0.454 e. The number of hydrogen-bond donors (Lipinski definition) is 0. The van der Waals surface area contributed by atoms with Crippen LogP contribution >= 0.6 is 0 Å². The highest BCUT2D eigenvalue weighted by Crippen LogP contribution is 2.33. The van der Waals surface area contributed by atoms with E-state index in [4.69, 9.17) is 14.2 Å². The van der Waals surface area contributed by atoms with Gasteiger partial charge >= 0.3 is 5.97 Å². The molecule has 0 amide bonds. The van der Waals surface area contributed by atoms with Gasteiger partial charge in [0.2, 0.25) is 12.7 Å². The van der Waals surface area contributed by atoms with Crippen molar-refractivity contribution in [3.8, 4) is 11.5 Å². The molecule has 2 heterocycles. The smallest absolute Gasteiger partial charge is 0.363 e. The van der Waals surface area contributed by atoms with Gasteiger partial charge in [-0.2, -0.15) is 0 Å². The molecule has 0 radical (unpaired) electrons. The van der Waals surface area contributed by atoms with E-state index in [1.165, 1.54) is 0 Å². The minimum absolute atomic E-state index is 0.240. The van der Waals surface area contributed by atoms with Gasteiger partial charge in [0.1, 0.15) is 0 Å². The predicted octanol–water partition coefficient (Wildman–Crippen LogP) is 4.86. The Morgan fingerprint density at radius 1 is 0.966 bits per heavy atom. The van der Waals surface area contributed by atoms with Crippen molar-refractivity contribution in [1.82, 2.24) is 0 Å². The van der Waals surface area contributed by atoms with Gasteiger partial charge in [0.15, 0.2) is 17.2 Å². The van der Waals surface area contributed by atoms with E-state index in [2.05, 4.69) is 4.99 Å². The molecule has 3 aromatic carbocycles. The molecule has 5 rings (SSSR count). The number of fused-ring (bicyclic) bond motifs is 2. The molecule has 0 fully saturated rings. The first-order valence-corrected chi connectivity index (χ1v) is 9.25. The number of ether oxygens (including phenoxy) is 3. The topological polar surface area (TPSA) is 57.1 Å². The summed E-state index contributed by atoms with van der Waals surface area (Å²) in [5, 5.41) is 2.19. The van der Waals surface area contributed by atoms with Gasteiger partial charge in [-0.05, 0) is 59.2 Å². The number of aliphatic imine (C=N–C) groups is 1. The third-order valence-corrected chi connectivity index (χ3v) is 4.77. The van der Waals surface area contributed by atoms with Crippen molar-refractivity contribution in [2.45, 2.75) is 6.92 Å². The maximum absolute atomic E-state index is 12.3. The molecule has 0 bridgehead atoms. The van der Waals surface area contributed by atoms with Crippen molar-refractivity contribution in [3.05, 3.63) is 89.1 Å². The zero-order chi connectivity index (χ0) is 19.8. The van der Waals surface area contributed by atoms with Gasteiger partial charge in [0.05, 0.1) is 0 Å². The van der Waals surface area contributed by atoms with Crippen LogP contribution in [0.1, 0.15) is 18.1 Å². The number of benzene rings is 3. The molecule has 0 spiro atoms. The van der Waals surface area contributed by atoms with Crippen molar-refractivity contribution in [2.24, 2.45) is 4.99 Å². The summed E-state index contributed by atoms with van der Waals surface area (Å²) in [6.45, 7) is 2.15. The Hall–Kier alpha value is -3.86. The molecule has 5 heteroatoms. The molecule has 0 atom stereocenters. The lowest BCUT2D eigenvalue weighted by atomic mass is 10.1. The first-order chi connectivity index (χ1) is 14.2. The standard InChI is InChI=1S/C24H17NO4/c1-15(10-16-6-9-21-22(12-16)28-14-27-21)11-20-24(26)29-23(25-20)19-8-7-17-4-2-3-5-18(17)13-19/h2-13H,14H2,1H3/b15-10-,20-11+. The molecule has 0 saturated heterocycles. The molecule has 0 N–H and O–H groups in total. The summed E-state index contributed by atoms with van der Waals surface area (Å²) < 4.78 is 16.1. The molecule has 2 aliphatic heterocycles. The van der Waals surface area contributed by atoms with E-state index in [1.54, 1.807) is 6.08 Å². The fourth-order valence-electron chi connectivity index (χ4n) is 3.38. The van der Waals surface area contributed by atoms with Crippen LogP contribution < -0.4 is 9.47 Å². The average Bonchev–Trinajstić information content (AvgIpc) is 3.34. The van der Waals surface area contributed by atoms with Crippen LogP contribution in [0.2, 0.25) is 0 Å². The van der Waals surface area contributed by atoms with E-state index in [0.29, 0.717) is 5.90 Å². The Bertz CT molecular complexity index is 1240. The molecule has 0 aliphatic carbocycles. The molecule has 0 unspecified atom stereocenters. The van der Waals surface area contributed by atoms with E-state index in [0.717, 1.165) is 39.0 Å². The van der Waals surface area contributed by atoms with Crippen molar-refractivity contribution in [3.63, 3.8) is 0 Å². The second-order valence-corrected chi connectivity index (χ2v) is 6.90. The van der Waals surface area contributed by atoms with Gasteiger partial charge in [0.25, 0.3) is 0 Å². The fraction of sp³-hybridized carbons (Fsp3) is 0.0833. The van der Waals surface area contributed by atoms with E-state index in [-0.39, 0.29) is 12.5 Å². The molecule has 142 valence electrons. The predicted molar refractivity (Wildman–Crippen MR) is 111 cm³/mol. The van der Waals surface area contributed by atoms with E-state index in [9.17, 15) is 4.79 Å². The number of hydrogen-bond acceptors (Lipinski definition) is 5. The Labute approximate surface area is 167 Å².